The zero-order valence-corrected chi connectivity index (χ0v) is 9.48. The third-order valence-electron chi connectivity index (χ3n) is 2.26. The Kier molecular flexibility index (Phi) is 3.52. The molecular weight excluding hydrogens is 224 g/mol. The van der Waals surface area contributed by atoms with E-state index in [9.17, 15) is 9.59 Å². The Morgan fingerprint density at radius 1 is 1.24 bits per heavy atom. The van der Waals surface area contributed by atoms with E-state index in [1.165, 1.54) is 19.1 Å². The lowest BCUT2D eigenvalue weighted by Gasteiger charge is -2.11. The quantitative estimate of drug-likeness (QED) is 0.363. The first-order valence-corrected chi connectivity index (χ1v) is 4.78. The Bertz CT molecular complexity index is 502. The smallest absolute Gasteiger partial charge is 0.378 e. The first kappa shape index (κ1) is 12.8. The first-order chi connectivity index (χ1) is 7.84. The number of carboxylic acid groups (broad SMARTS) is 1. The van der Waals surface area contributed by atoms with Crippen molar-refractivity contribution in [2.24, 2.45) is 0 Å². The molecule has 17 heavy (non-hydrogen) atoms. The van der Waals surface area contributed by atoms with E-state index < -0.39 is 17.7 Å². The average Bonchev–Trinajstić information content (AvgIpc) is 2.22. The molecule has 1 rings (SSSR count). The molecule has 5 heteroatoms. The summed E-state index contributed by atoms with van der Waals surface area (Å²) in [5.74, 6) is -2.71. The van der Waals surface area contributed by atoms with E-state index in [2.05, 4.69) is 6.58 Å². The summed E-state index contributed by atoms with van der Waals surface area (Å²) in [4.78, 5) is 22.1. The van der Waals surface area contributed by atoms with E-state index in [1.54, 1.807) is 6.92 Å². The number of benzene rings is 1. The number of rotatable bonds is 3. The molecule has 0 heterocycles. The van der Waals surface area contributed by atoms with Gasteiger partial charge in [-0.25, -0.2) is 9.59 Å². The van der Waals surface area contributed by atoms with E-state index in [0.717, 1.165) is 0 Å². The molecule has 0 unspecified atom stereocenters. The maximum atomic E-state index is 11.2. The Labute approximate surface area is 98.0 Å². The predicted octanol–water partition coefficient (Wildman–Crippen LogP) is 1.98. The molecule has 0 aliphatic heterocycles. The van der Waals surface area contributed by atoms with Gasteiger partial charge in [0.25, 0.3) is 0 Å². The fraction of sp³-hybridized carbons (Fsp3) is 0.167. The fourth-order valence-electron chi connectivity index (χ4n) is 1.37. The van der Waals surface area contributed by atoms with Crippen LogP contribution in [-0.2, 0) is 4.79 Å². The number of aromatic carboxylic acids is 1. The van der Waals surface area contributed by atoms with Gasteiger partial charge < -0.3 is 14.9 Å². The molecular formula is C12H12O5. The third kappa shape index (κ3) is 2.63. The van der Waals surface area contributed by atoms with Gasteiger partial charge in [0.1, 0.15) is 5.75 Å². The number of ether oxygens (including phenoxy) is 1. The molecule has 5 nitrogen and oxygen atoms in total. The van der Waals surface area contributed by atoms with Crippen molar-refractivity contribution in [3.63, 3.8) is 0 Å². The second-order valence-electron chi connectivity index (χ2n) is 3.53. The SMILES string of the molecule is C=C(O)C(=O)Oc1c(C)ccc(C(=O)O)c1C. The van der Waals surface area contributed by atoms with Crippen molar-refractivity contribution in [2.75, 3.05) is 0 Å². The highest BCUT2D eigenvalue weighted by Gasteiger charge is 2.17. The van der Waals surface area contributed by atoms with Crippen molar-refractivity contribution in [1.82, 2.24) is 0 Å². The Balaban J connectivity index is 3.23. The molecule has 0 amide bonds. The topological polar surface area (TPSA) is 83.8 Å². The summed E-state index contributed by atoms with van der Waals surface area (Å²) in [5.41, 5.74) is 0.969. The zero-order chi connectivity index (χ0) is 13.2. The molecule has 0 aliphatic rings. The summed E-state index contributed by atoms with van der Waals surface area (Å²) < 4.78 is 4.88. The number of aryl methyl sites for hydroxylation is 1. The maximum absolute atomic E-state index is 11.2. The molecule has 0 saturated carbocycles. The summed E-state index contributed by atoms with van der Waals surface area (Å²) in [6.45, 7) is 6.23. The van der Waals surface area contributed by atoms with Crippen LogP contribution in [0.4, 0.5) is 0 Å². The minimum absolute atomic E-state index is 0.0435. The van der Waals surface area contributed by atoms with Gasteiger partial charge in [-0.05, 0) is 32.1 Å². The second kappa shape index (κ2) is 4.69. The lowest BCUT2D eigenvalue weighted by molar-refractivity contribution is -0.133. The molecule has 0 spiro atoms. The van der Waals surface area contributed by atoms with E-state index in [1.807, 2.05) is 0 Å². The van der Waals surface area contributed by atoms with Crippen molar-refractivity contribution in [1.29, 1.82) is 0 Å². The van der Waals surface area contributed by atoms with Crippen LogP contribution in [0.1, 0.15) is 21.5 Å². The highest BCUT2D eigenvalue weighted by Crippen LogP contribution is 2.26. The summed E-state index contributed by atoms with van der Waals surface area (Å²) in [7, 11) is 0. The summed E-state index contributed by atoms with van der Waals surface area (Å²) in [6, 6.07) is 2.96. The maximum Gasteiger partial charge on any atom is 0.378 e. The summed E-state index contributed by atoms with van der Waals surface area (Å²) in [5, 5.41) is 17.8. The van der Waals surface area contributed by atoms with Crippen LogP contribution < -0.4 is 4.74 Å². The van der Waals surface area contributed by atoms with Crippen LogP contribution >= 0.6 is 0 Å². The standard InChI is InChI=1S/C12H12O5/c1-6-4-5-9(11(14)15)7(2)10(6)17-12(16)8(3)13/h4-5,13H,3H2,1-2H3,(H,14,15). The van der Waals surface area contributed by atoms with Crippen LogP contribution in [0.3, 0.4) is 0 Å². The zero-order valence-electron chi connectivity index (χ0n) is 9.48. The number of carbonyl (C=O) groups is 2. The number of carboxylic acids is 1. The molecule has 0 bridgehead atoms. The molecule has 0 fully saturated rings. The molecule has 2 N–H and O–H groups in total. The van der Waals surface area contributed by atoms with Crippen LogP contribution in [0.15, 0.2) is 24.5 Å². The Morgan fingerprint density at radius 3 is 2.29 bits per heavy atom. The monoisotopic (exact) mass is 236 g/mol. The number of hydrogen-bond acceptors (Lipinski definition) is 4. The molecule has 0 radical (unpaired) electrons. The van der Waals surface area contributed by atoms with Crippen molar-refractivity contribution in [3.05, 3.63) is 41.2 Å². The van der Waals surface area contributed by atoms with Gasteiger partial charge in [-0.1, -0.05) is 6.07 Å². The van der Waals surface area contributed by atoms with Crippen molar-refractivity contribution in [3.8, 4) is 5.75 Å². The van der Waals surface area contributed by atoms with Crippen molar-refractivity contribution >= 4 is 11.9 Å². The molecule has 1 aromatic carbocycles. The molecule has 90 valence electrons. The summed E-state index contributed by atoms with van der Waals surface area (Å²) in [6.07, 6.45) is 0. The second-order valence-corrected chi connectivity index (χ2v) is 3.53. The molecule has 0 saturated heterocycles. The van der Waals surface area contributed by atoms with E-state index in [4.69, 9.17) is 14.9 Å². The van der Waals surface area contributed by atoms with Crippen LogP contribution in [0, 0.1) is 13.8 Å². The van der Waals surface area contributed by atoms with Gasteiger partial charge in [0.05, 0.1) is 5.56 Å². The van der Waals surface area contributed by atoms with Crippen molar-refractivity contribution < 1.29 is 24.5 Å². The van der Waals surface area contributed by atoms with Crippen LogP contribution in [0.25, 0.3) is 0 Å². The fourth-order valence-corrected chi connectivity index (χ4v) is 1.37. The van der Waals surface area contributed by atoms with Gasteiger partial charge in [-0.2, -0.15) is 0 Å². The number of aliphatic hydroxyl groups excluding tert-OH is 1. The third-order valence-corrected chi connectivity index (χ3v) is 2.26. The number of aliphatic hydroxyl groups is 1. The van der Waals surface area contributed by atoms with Gasteiger partial charge in [-0.15, -0.1) is 0 Å². The largest absolute Gasteiger partial charge is 0.502 e. The summed E-state index contributed by atoms with van der Waals surface area (Å²) >= 11 is 0. The van der Waals surface area contributed by atoms with E-state index in [0.29, 0.717) is 11.1 Å². The molecule has 0 aromatic heterocycles. The van der Waals surface area contributed by atoms with Gasteiger partial charge >= 0.3 is 11.9 Å². The molecule has 0 atom stereocenters. The van der Waals surface area contributed by atoms with Gasteiger partial charge in [0.15, 0.2) is 5.76 Å². The predicted molar refractivity (Wildman–Crippen MR) is 60.3 cm³/mol. The Morgan fingerprint density at radius 2 is 1.82 bits per heavy atom. The van der Waals surface area contributed by atoms with Crippen LogP contribution in [-0.4, -0.2) is 22.2 Å². The normalized spacial score (nSPS) is 9.76. The minimum atomic E-state index is -1.11. The van der Waals surface area contributed by atoms with Crippen molar-refractivity contribution in [2.45, 2.75) is 13.8 Å². The highest BCUT2D eigenvalue weighted by molar-refractivity contribution is 5.92. The van der Waals surface area contributed by atoms with Gasteiger partial charge in [0, 0.05) is 5.56 Å². The number of hydrogen-bond donors (Lipinski definition) is 2. The Hall–Kier alpha value is -2.30. The van der Waals surface area contributed by atoms with E-state index >= 15 is 0 Å². The van der Waals surface area contributed by atoms with E-state index in [-0.39, 0.29) is 11.3 Å². The highest BCUT2D eigenvalue weighted by atomic mass is 16.5. The number of esters is 1. The van der Waals surface area contributed by atoms with Crippen LogP contribution in [0.5, 0.6) is 5.75 Å². The van der Waals surface area contributed by atoms with Crippen LogP contribution in [0.2, 0.25) is 0 Å². The number of carbonyl (C=O) groups excluding carboxylic acids is 1. The first-order valence-electron chi connectivity index (χ1n) is 4.78. The molecule has 1 aromatic rings. The lowest BCUT2D eigenvalue weighted by Crippen LogP contribution is -2.13. The average molecular weight is 236 g/mol. The molecule has 0 aliphatic carbocycles. The minimum Gasteiger partial charge on any atom is -0.502 e. The van der Waals surface area contributed by atoms with Gasteiger partial charge in [-0.3, -0.25) is 0 Å². The lowest BCUT2D eigenvalue weighted by atomic mass is 10.0. The van der Waals surface area contributed by atoms with Gasteiger partial charge in [0.2, 0.25) is 0 Å².